The molecule has 0 N–H and O–H groups in total. The van der Waals surface area contributed by atoms with Gasteiger partial charge in [-0.05, 0) is 110 Å². The SMILES string of the molecule is [2H]C([2H])([2H])c1cccc2nc(-c3[c-]ccc4c3oc3cc(-c5ccccc5)ccc34)n(-c3ccc4c5ccccc5c5ccccc5c4c3)c12.[2H]C([2H])([2H])c1cnc(-c2[c-]cccc2)cc1C([2H])([2H])C(C)(C)C.[Ir]. The molecule has 1 radical (unpaired) electrons. The third-order valence-corrected chi connectivity index (χ3v) is 11.8. The second kappa shape index (κ2) is 17.3. The molecule has 0 spiro atoms. The van der Waals surface area contributed by atoms with Crippen LogP contribution in [0.1, 0.15) is 48.4 Å². The van der Waals surface area contributed by atoms with Gasteiger partial charge in [0.05, 0.1) is 22.4 Å². The molecule has 0 aliphatic rings. The van der Waals surface area contributed by atoms with E-state index in [0.717, 1.165) is 49.3 Å². The molecule has 3 aromatic heterocycles. The van der Waals surface area contributed by atoms with Gasteiger partial charge < -0.3 is 14.0 Å². The number of nitrogens with zero attached hydrogens (tertiary/aromatic N) is 3. The zero-order valence-corrected chi connectivity index (χ0v) is 38.8. The fraction of sp³-hybridized carbons (Fsp3) is 0.115. The molecule has 9 aromatic carbocycles. The van der Waals surface area contributed by atoms with Gasteiger partial charge in [-0.3, -0.25) is 4.98 Å². The fourth-order valence-electron chi connectivity index (χ4n) is 8.96. The van der Waals surface area contributed by atoms with Crippen molar-refractivity contribution in [2.45, 2.75) is 40.8 Å². The van der Waals surface area contributed by atoms with Crippen molar-refractivity contribution >= 4 is 65.3 Å². The Balaban J connectivity index is 0.000000221. The molecule has 3 heterocycles. The number of hydrogen-bond acceptors (Lipinski definition) is 3. The first-order valence-corrected chi connectivity index (χ1v) is 21.6. The summed E-state index contributed by atoms with van der Waals surface area (Å²) in [4.78, 5) is 9.35. The molecule has 0 amide bonds. The summed E-state index contributed by atoms with van der Waals surface area (Å²) >= 11 is 0. The summed E-state index contributed by atoms with van der Waals surface area (Å²) < 4.78 is 74.2. The van der Waals surface area contributed by atoms with E-state index >= 15 is 0 Å². The Labute approximate surface area is 410 Å². The quantitative estimate of drug-likeness (QED) is 0.127. The molecular formula is C61H47IrN3O-2. The van der Waals surface area contributed by atoms with E-state index in [4.69, 9.17) is 20.4 Å². The van der Waals surface area contributed by atoms with E-state index in [-0.39, 0.29) is 36.8 Å². The number of hydrogen-bond donors (Lipinski definition) is 0. The zero-order chi connectivity index (χ0) is 51.0. The number of rotatable bonds is 5. The van der Waals surface area contributed by atoms with Crippen LogP contribution in [0.4, 0.5) is 0 Å². The number of aromatic nitrogens is 3. The van der Waals surface area contributed by atoms with Crippen LogP contribution in [0, 0.1) is 31.3 Å². The number of imidazole rings is 1. The van der Waals surface area contributed by atoms with E-state index < -0.39 is 25.5 Å². The topological polar surface area (TPSA) is 43.9 Å². The Morgan fingerprint density at radius 1 is 0.606 bits per heavy atom. The minimum atomic E-state index is -2.42. The minimum Gasteiger partial charge on any atom is -0.501 e. The van der Waals surface area contributed by atoms with Gasteiger partial charge in [0.15, 0.2) is 0 Å². The van der Waals surface area contributed by atoms with Crippen LogP contribution in [0.2, 0.25) is 0 Å². The van der Waals surface area contributed by atoms with Gasteiger partial charge in [0.1, 0.15) is 5.58 Å². The first kappa shape index (κ1) is 34.2. The first-order chi connectivity index (χ1) is 34.9. The normalized spacial score (nSPS) is 14.0. The first-order valence-electron chi connectivity index (χ1n) is 25.6. The number of benzene rings is 9. The molecule has 0 fully saturated rings. The van der Waals surface area contributed by atoms with E-state index in [9.17, 15) is 0 Å². The summed E-state index contributed by atoms with van der Waals surface area (Å²) in [5, 5.41) is 8.81. The van der Waals surface area contributed by atoms with Crippen LogP contribution in [-0.2, 0) is 26.5 Å². The maximum absolute atomic E-state index is 8.52. The monoisotopic (exact) mass is 1040 g/mol. The summed E-state index contributed by atoms with van der Waals surface area (Å²) in [6, 6.07) is 64.3. The van der Waals surface area contributed by atoms with Crippen LogP contribution in [0.25, 0.3) is 105 Å². The molecular weight excluding hydrogens is 983 g/mol. The Morgan fingerprint density at radius 2 is 1.30 bits per heavy atom. The molecule has 66 heavy (non-hydrogen) atoms. The molecule has 12 aromatic rings. The van der Waals surface area contributed by atoms with Crippen molar-refractivity contribution in [2.24, 2.45) is 5.41 Å². The number of furan rings is 1. The van der Waals surface area contributed by atoms with Crippen molar-refractivity contribution in [3.8, 4) is 39.5 Å². The summed E-state index contributed by atoms with van der Waals surface area (Å²) in [5.41, 5.74) is 7.00. The molecule has 4 nitrogen and oxygen atoms in total. The van der Waals surface area contributed by atoms with E-state index in [0.29, 0.717) is 39.3 Å². The molecule has 0 atom stereocenters. The van der Waals surface area contributed by atoms with E-state index in [1.165, 1.54) is 22.4 Å². The van der Waals surface area contributed by atoms with Gasteiger partial charge in [0.2, 0.25) is 0 Å². The third kappa shape index (κ3) is 7.79. The standard InChI is InChI=1S/C44H27N2O.C17H20N.Ir/c1-27-11-9-20-40-42(27)46(30-22-24-35-33-16-6-5-14-31(33)32-15-7-8-17-34(32)39(35)26-30)44(45-40)38-19-10-18-37-36-23-21-29(25-41(36)47-43(37)38)28-12-3-2-4-13-28;1-13-12-18-16(14-8-6-5-7-9-14)10-15(13)11-17(2,3)4;/h2-18,20-26H,1H3;5-8,10,12H,11H2,1-4H3;/q2*-1;/i1D3;1D3,11D2;. The van der Waals surface area contributed by atoms with Crippen molar-refractivity contribution in [1.29, 1.82) is 0 Å². The average molecular weight is 1040 g/mol. The van der Waals surface area contributed by atoms with Gasteiger partial charge in [-0.25, -0.2) is 0 Å². The largest absolute Gasteiger partial charge is 0.501 e. The van der Waals surface area contributed by atoms with Crippen LogP contribution < -0.4 is 0 Å². The molecule has 0 saturated carbocycles. The Kier molecular flexibility index (Phi) is 8.98. The summed E-state index contributed by atoms with van der Waals surface area (Å²) in [6.45, 7) is 0.484. The Morgan fingerprint density at radius 3 is 2.02 bits per heavy atom. The zero-order valence-electron chi connectivity index (χ0n) is 44.4. The second-order valence-corrected chi connectivity index (χ2v) is 17.3. The van der Waals surface area contributed by atoms with Crippen LogP contribution >= 0.6 is 0 Å². The predicted molar refractivity (Wildman–Crippen MR) is 272 cm³/mol. The molecule has 0 saturated heterocycles. The van der Waals surface area contributed by atoms with Crippen molar-refractivity contribution in [3.05, 3.63) is 211 Å². The van der Waals surface area contributed by atoms with Crippen molar-refractivity contribution in [3.63, 3.8) is 0 Å². The molecule has 0 aliphatic heterocycles. The summed E-state index contributed by atoms with van der Waals surface area (Å²) in [7, 11) is 0. The van der Waals surface area contributed by atoms with Gasteiger partial charge in [0.25, 0.3) is 0 Å². The Hall–Kier alpha value is -7.17. The van der Waals surface area contributed by atoms with Gasteiger partial charge in [-0.15, -0.1) is 54.1 Å². The van der Waals surface area contributed by atoms with E-state index in [1.807, 2.05) is 59.2 Å². The Bertz CT molecular complexity index is 4050. The minimum absolute atomic E-state index is 0. The number of para-hydroxylation sites is 1. The predicted octanol–water partition coefficient (Wildman–Crippen LogP) is 16.3. The molecule has 0 aliphatic carbocycles. The molecule has 323 valence electrons. The van der Waals surface area contributed by atoms with Crippen molar-refractivity contribution in [2.75, 3.05) is 0 Å². The molecule has 12 rings (SSSR count). The maximum atomic E-state index is 8.52. The van der Waals surface area contributed by atoms with E-state index in [1.54, 1.807) is 45.0 Å². The van der Waals surface area contributed by atoms with Crippen LogP contribution in [-0.4, -0.2) is 14.5 Å². The van der Waals surface area contributed by atoms with Gasteiger partial charge in [-0.1, -0.05) is 153 Å². The van der Waals surface area contributed by atoms with Crippen molar-refractivity contribution in [1.82, 2.24) is 14.5 Å². The molecule has 0 bridgehead atoms. The second-order valence-electron chi connectivity index (χ2n) is 17.3. The van der Waals surface area contributed by atoms with Crippen LogP contribution in [0.15, 0.2) is 187 Å². The number of fused-ring (bicyclic) bond motifs is 10. The smallest absolute Gasteiger partial charge is 0.121 e. The molecule has 0 unspecified atom stereocenters. The number of pyridine rings is 1. The van der Waals surface area contributed by atoms with Crippen LogP contribution in [0.5, 0.6) is 0 Å². The summed E-state index contributed by atoms with van der Waals surface area (Å²) in [6.07, 6.45) is -0.550. The van der Waals surface area contributed by atoms with E-state index in [2.05, 4.69) is 114 Å². The maximum Gasteiger partial charge on any atom is 0.121 e. The van der Waals surface area contributed by atoms with Gasteiger partial charge in [0, 0.05) is 48.3 Å². The molecule has 5 heteroatoms. The fourth-order valence-corrected chi connectivity index (χ4v) is 8.96. The van der Waals surface area contributed by atoms with Gasteiger partial charge >= 0.3 is 0 Å². The number of aryl methyl sites for hydroxylation is 2. The van der Waals surface area contributed by atoms with Gasteiger partial charge in [-0.2, -0.15) is 0 Å². The van der Waals surface area contributed by atoms with Crippen LogP contribution in [0.3, 0.4) is 0 Å². The third-order valence-electron chi connectivity index (χ3n) is 11.8. The summed E-state index contributed by atoms with van der Waals surface area (Å²) in [5.74, 6) is 0.564. The van der Waals surface area contributed by atoms with Crippen molar-refractivity contribution < 1.29 is 35.5 Å². The average Bonchev–Trinajstić information content (AvgIpc) is 3.97.